The van der Waals surface area contributed by atoms with Crippen molar-refractivity contribution in [1.82, 2.24) is 25.4 Å². The molecule has 0 aliphatic carbocycles. The van der Waals surface area contributed by atoms with Gasteiger partial charge in [-0.3, -0.25) is 4.79 Å². The summed E-state index contributed by atoms with van der Waals surface area (Å²) in [5, 5.41) is 10.5. The highest BCUT2D eigenvalue weighted by molar-refractivity contribution is 5.86. The van der Waals surface area contributed by atoms with E-state index < -0.39 is 0 Å². The average Bonchev–Trinajstić information content (AvgIpc) is 3.24. The zero-order valence-electron chi connectivity index (χ0n) is 13.2. The number of nitrogens with zero attached hydrogens (tertiary/aromatic N) is 3. The third-order valence-electron chi connectivity index (χ3n) is 4.33. The van der Waals surface area contributed by atoms with Crippen molar-refractivity contribution in [3.63, 3.8) is 0 Å². The Labute approximate surface area is 142 Å². The minimum atomic E-state index is -0.385. The van der Waals surface area contributed by atoms with Crippen LogP contribution in [0.3, 0.4) is 0 Å². The van der Waals surface area contributed by atoms with Crippen LogP contribution in [0, 0.1) is 0 Å². The Morgan fingerprint density at radius 3 is 3.00 bits per heavy atom. The SMILES string of the molecule is CCC1(C(=O)NCc2cccc(-n3cncn3)c2)CCCN1.Cl. The first-order valence-corrected chi connectivity index (χ1v) is 7.71. The summed E-state index contributed by atoms with van der Waals surface area (Å²) in [6.07, 6.45) is 5.95. The maximum atomic E-state index is 12.5. The number of hydrogen-bond donors (Lipinski definition) is 2. The van der Waals surface area contributed by atoms with Gasteiger partial charge in [0.25, 0.3) is 0 Å². The summed E-state index contributed by atoms with van der Waals surface area (Å²) in [5.41, 5.74) is 1.60. The van der Waals surface area contributed by atoms with Crippen molar-refractivity contribution in [2.75, 3.05) is 6.54 Å². The Bertz CT molecular complexity index is 638. The molecule has 1 aromatic heterocycles. The second-order valence-corrected chi connectivity index (χ2v) is 5.66. The fourth-order valence-corrected chi connectivity index (χ4v) is 2.96. The first kappa shape index (κ1) is 17.4. The molecule has 7 heteroatoms. The van der Waals surface area contributed by atoms with Crippen molar-refractivity contribution in [3.05, 3.63) is 42.5 Å². The first-order valence-electron chi connectivity index (χ1n) is 7.71. The molecule has 1 aliphatic heterocycles. The van der Waals surface area contributed by atoms with Gasteiger partial charge in [-0.25, -0.2) is 9.67 Å². The van der Waals surface area contributed by atoms with Gasteiger partial charge in [-0.2, -0.15) is 5.10 Å². The number of benzene rings is 1. The molecule has 2 heterocycles. The zero-order chi connectivity index (χ0) is 15.4. The van der Waals surface area contributed by atoms with Gasteiger partial charge < -0.3 is 10.6 Å². The normalized spacial score (nSPS) is 20.0. The molecule has 1 saturated heterocycles. The van der Waals surface area contributed by atoms with Crippen LogP contribution in [0.25, 0.3) is 5.69 Å². The number of halogens is 1. The van der Waals surface area contributed by atoms with Crippen molar-refractivity contribution in [1.29, 1.82) is 0 Å². The summed E-state index contributed by atoms with van der Waals surface area (Å²) in [4.78, 5) is 16.4. The minimum absolute atomic E-state index is 0. The Morgan fingerprint density at radius 1 is 1.48 bits per heavy atom. The highest BCUT2D eigenvalue weighted by Crippen LogP contribution is 2.23. The lowest BCUT2D eigenvalue weighted by molar-refractivity contribution is -0.127. The molecule has 6 nitrogen and oxygen atoms in total. The van der Waals surface area contributed by atoms with E-state index in [4.69, 9.17) is 0 Å². The fourth-order valence-electron chi connectivity index (χ4n) is 2.96. The van der Waals surface area contributed by atoms with Gasteiger partial charge in [-0.05, 0) is 43.5 Å². The van der Waals surface area contributed by atoms with Crippen molar-refractivity contribution in [2.45, 2.75) is 38.3 Å². The van der Waals surface area contributed by atoms with Crippen molar-refractivity contribution in [3.8, 4) is 5.69 Å². The van der Waals surface area contributed by atoms with Gasteiger partial charge in [0.15, 0.2) is 0 Å². The lowest BCUT2D eigenvalue weighted by atomic mass is 9.93. The Kier molecular flexibility index (Phi) is 5.74. The summed E-state index contributed by atoms with van der Waals surface area (Å²) in [7, 11) is 0. The molecule has 1 atom stereocenters. The van der Waals surface area contributed by atoms with Crippen molar-refractivity contribution >= 4 is 18.3 Å². The molecule has 0 bridgehead atoms. The van der Waals surface area contributed by atoms with Crippen LogP contribution in [0.15, 0.2) is 36.9 Å². The van der Waals surface area contributed by atoms with E-state index in [9.17, 15) is 4.79 Å². The predicted molar refractivity (Wildman–Crippen MR) is 90.7 cm³/mol. The summed E-state index contributed by atoms with van der Waals surface area (Å²) in [5.74, 6) is 0.0960. The number of carbonyl (C=O) groups is 1. The lowest BCUT2D eigenvalue weighted by Crippen LogP contribution is -2.52. The molecule has 0 spiro atoms. The molecule has 2 N–H and O–H groups in total. The number of aromatic nitrogens is 3. The third-order valence-corrected chi connectivity index (χ3v) is 4.33. The molecule has 1 aliphatic rings. The second-order valence-electron chi connectivity index (χ2n) is 5.66. The maximum absolute atomic E-state index is 12.5. The zero-order valence-corrected chi connectivity index (χ0v) is 14.0. The van der Waals surface area contributed by atoms with E-state index in [1.54, 1.807) is 11.0 Å². The molecular formula is C16H22ClN5O. The third kappa shape index (κ3) is 3.71. The van der Waals surface area contributed by atoms with E-state index in [0.29, 0.717) is 6.54 Å². The molecular weight excluding hydrogens is 314 g/mol. The standard InChI is InChI=1S/C16H21N5O.ClH/c1-2-16(7-4-8-19-16)15(22)18-10-13-5-3-6-14(9-13)21-12-17-11-20-21;/h3,5-6,9,11-12,19H,2,4,7-8,10H2,1H3,(H,18,22);1H. The van der Waals surface area contributed by atoms with Crippen molar-refractivity contribution < 1.29 is 4.79 Å². The quantitative estimate of drug-likeness (QED) is 0.874. The molecule has 1 fully saturated rings. The Morgan fingerprint density at radius 2 is 2.35 bits per heavy atom. The Balaban J connectivity index is 0.00000192. The largest absolute Gasteiger partial charge is 0.350 e. The van der Waals surface area contributed by atoms with Crippen LogP contribution in [-0.4, -0.2) is 32.8 Å². The lowest BCUT2D eigenvalue weighted by Gasteiger charge is -2.26. The van der Waals surface area contributed by atoms with Crippen LogP contribution in [-0.2, 0) is 11.3 Å². The van der Waals surface area contributed by atoms with Gasteiger partial charge in [-0.15, -0.1) is 12.4 Å². The summed E-state index contributed by atoms with van der Waals surface area (Å²) in [6, 6.07) is 7.94. The summed E-state index contributed by atoms with van der Waals surface area (Å²) >= 11 is 0. The topological polar surface area (TPSA) is 71.8 Å². The maximum Gasteiger partial charge on any atom is 0.240 e. The van der Waals surface area contributed by atoms with Gasteiger partial charge in [0.1, 0.15) is 12.7 Å². The second kappa shape index (κ2) is 7.57. The summed E-state index contributed by atoms with van der Waals surface area (Å²) < 4.78 is 1.71. The minimum Gasteiger partial charge on any atom is -0.350 e. The van der Waals surface area contributed by atoms with Gasteiger partial charge >= 0.3 is 0 Å². The van der Waals surface area contributed by atoms with Gasteiger partial charge in [0.2, 0.25) is 5.91 Å². The van der Waals surface area contributed by atoms with Crippen molar-refractivity contribution in [2.24, 2.45) is 0 Å². The molecule has 0 radical (unpaired) electrons. The molecule has 1 amide bonds. The van der Waals surface area contributed by atoms with E-state index in [1.807, 2.05) is 24.3 Å². The predicted octanol–water partition coefficient (Wildman–Crippen LogP) is 1.84. The monoisotopic (exact) mass is 335 g/mol. The van der Waals surface area contributed by atoms with E-state index in [1.165, 1.54) is 6.33 Å². The molecule has 1 aromatic carbocycles. The van der Waals surface area contributed by atoms with Gasteiger partial charge in [0.05, 0.1) is 11.2 Å². The number of amides is 1. The van der Waals surface area contributed by atoms with Crippen LogP contribution in [0.1, 0.15) is 31.7 Å². The molecule has 0 saturated carbocycles. The summed E-state index contributed by atoms with van der Waals surface area (Å²) in [6.45, 7) is 3.50. The van der Waals surface area contributed by atoms with Crippen LogP contribution in [0.4, 0.5) is 0 Å². The van der Waals surface area contributed by atoms with Crippen LogP contribution in [0.2, 0.25) is 0 Å². The number of nitrogens with one attached hydrogen (secondary N) is 2. The molecule has 3 rings (SSSR count). The van der Waals surface area contributed by atoms with Gasteiger partial charge in [-0.1, -0.05) is 19.1 Å². The number of hydrogen-bond acceptors (Lipinski definition) is 4. The average molecular weight is 336 g/mol. The highest BCUT2D eigenvalue weighted by atomic mass is 35.5. The number of carbonyl (C=O) groups excluding carboxylic acids is 1. The van der Waals surface area contributed by atoms with E-state index >= 15 is 0 Å². The van der Waals surface area contributed by atoms with E-state index in [-0.39, 0.29) is 23.9 Å². The van der Waals surface area contributed by atoms with Crippen LogP contribution < -0.4 is 10.6 Å². The molecule has 124 valence electrons. The van der Waals surface area contributed by atoms with Crippen LogP contribution in [0.5, 0.6) is 0 Å². The molecule has 1 unspecified atom stereocenters. The van der Waals surface area contributed by atoms with Crippen LogP contribution >= 0.6 is 12.4 Å². The fraction of sp³-hybridized carbons (Fsp3) is 0.438. The molecule has 23 heavy (non-hydrogen) atoms. The molecule has 2 aromatic rings. The van der Waals surface area contributed by atoms with E-state index in [0.717, 1.165) is 37.1 Å². The number of rotatable bonds is 5. The smallest absolute Gasteiger partial charge is 0.240 e. The Hall–Kier alpha value is -1.92. The van der Waals surface area contributed by atoms with E-state index in [2.05, 4.69) is 27.6 Å². The highest BCUT2D eigenvalue weighted by Gasteiger charge is 2.38. The van der Waals surface area contributed by atoms with Gasteiger partial charge in [0, 0.05) is 6.54 Å². The first-order chi connectivity index (χ1) is 10.7.